The zero-order valence-corrected chi connectivity index (χ0v) is 11.8. The highest BCUT2D eigenvalue weighted by Crippen LogP contribution is 2.44. The minimum absolute atomic E-state index is 0.258. The molecule has 0 aromatic heterocycles. The summed E-state index contributed by atoms with van der Waals surface area (Å²) in [6, 6.07) is 5.09. The Labute approximate surface area is 121 Å². The van der Waals surface area contributed by atoms with Crippen LogP contribution in [-0.2, 0) is 12.8 Å². The van der Waals surface area contributed by atoms with Crippen LogP contribution in [0.3, 0.4) is 0 Å². The van der Waals surface area contributed by atoms with Crippen LogP contribution in [0, 0.1) is 0 Å². The summed E-state index contributed by atoms with van der Waals surface area (Å²) in [5.74, 6) is -3.34. The topological polar surface area (TPSA) is 94.8 Å². The van der Waals surface area contributed by atoms with Crippen molar-refractivity contribution >= 4 is 11.9 Å². The molecular weight excluding hydrogens is 272 g/mol. The lowest BCUT2D eigenvalue weighted by Crippen LogP contribution is -1.99. The van der Waals surface area contributed by atoms with Gasteiger partial charge in [0.25, 0.3) is 0 Å². The number of carboxylic acids is 2. The van der Waals surface area contributed by atoms with Crippen molar-refractivity contribution in [2.45, 2.75) is 26.7 Å². The van der Waals surface area contributed by atoms with Gasteiger partial charge in [-0.15, -0.1) is 0 Å². The maximum atomic E-state index is 11.5. The van der Waals surface area contributed by atoms with Crippen LogP contribution in [0.25, 0.3) is 11.1 Å². The average Bonchev–Trinajstić information content (AvgIpc) is 2.59. The Hall–Kier alpha value is -2.56. The third kappa shape index (κ3) is 2.20. The summed E-state index contributed by atoms with van der Waals surface area (Å²) in [6.07, 6.45) is 1.25. The standard InChI is InChI=1S/C16H16O5/c1-3-8-6-5-7-10-11(9(8)4-2)13(16(20)21)14(17)12(10)15(18)19/h5-7,17H,3-4H2,1-2H3,(H,18,19)(H,20,21). The summed E-state index contributed by atoms with van der Waals surface area (Å²) in [4.78, 5) is 22.9. The van der Waals surface area contributed by atoms with Crippen LogP contribution >= 0.6 is 0 Å². The van der Waals surface area contributed by atoms with Gasteiger partial charge in [0.2, 0.25) is 0 Å². The summed E-state index contributed by atoms with van der Waals surface area (Å²) in [6.45, 7) is 3.83. The SMILES string of the molecule is CCc1cccc2c(C(=O)O)c(O)c(C(=O)O)c-2c1CC. The molecule has 2 aliphatic carbocycles. The molecule has 0 spiro atoms. The molecule has 0 saturated carbocycles. The molecule has 0 aromatic carbocycles. The third-order valence-corrected chi connectivity index (χ3v) is 3.67. The molecule has 5 heteroatoms. The molecule has 0 amide bonds. The van der Waals surface area contributed by atoms with Crippen LogP contribution in [-0.4, -0.2) is 27.3 Å². The molecule has 3 N–H and O–H groups in total. The lowest BCUT2D eigenvalue weighted by Gasteiger charge is -2.08. The maximum absolute atomic E-state index is 11.5. The second kappa shape index (κ2) is 5.44. The smallest absolute Gasteiger partial charge is 0.340 e. The molecule has 0 bridgehead atoms. The van der Waals surface area contributed by atoms with E-state index in [1.807, 2.05) is 19.9 Å². The molecule has 0 saturated heterocycles. The van der Waals surface area contributed by atoms with Crippen LogP contribution < -0.4 is 0 Å². The molecule has 5 nitrogen and oxygen atoms in total. The molecule has 2 rings (SSSR count). The number of hydrogen-bond donors (Lipinski definition) is 3. The zero-order chi connectivity index (χ0) is 15.7. The summed E-state index contributed by atoms with van der Waals surface area (Å²) < 4.78 is 0. The summed E-state index contributed by atoms with van der Waals surface area (Å²) >= 11 is 0. The third-order valence-electron chi connectivity index (χ3n) is 3.67. The molecule has 0 heterocycles. The van der Waals surface area contributed by atoms with Gasteiger partial charge >= 0.3 is 11.9 Å². The Morgan fingerprint density at radius 2 is 1.62 bits per heavy atom. The highest BCUT2D eigenvalue weighted by molar-refractivity contribution is 6.12. The highest BCUT2D eigenvalue weighted by Gasteiger charge is 2.32. The second-order valence-corrected chi connectivity index (χ2v) is 4.73. The van der Waals surface area contributed by atoms with Gasteiger partial charge in [-0.2, -0.15) is 0 Å². The van der Waals surface area contributed by atoms with E-state index in [1.54, 1.807) is 12.1 Å². The Kier molecular flexibility index (Phi) is 3.84. The van der Waals surface area contributed by atoms with Crippen molar-refractivity contribution in [1.82, 2.24) is 0 Å². The number of aryl methyl sites for hydroxylation is 1. The molecular formula is C16H16O5. The van der Waals surface area contributed by atoms with E-state index in [0.29, 0.717) is 18.4 Å². The number of aromatic carboxylic acids is 2. The summed E-state index contributed by atoms with van der Waals surface area (Å²) in [5.41, 5.74) is 1.60. The number of aromatic hydroxyl groups is 1. The number of carbonyl (C=O) groups is 2. The molecule has 0 unspecified atom stereocenters. The average molecular weight is 288 g/mol. The quantitative estimate of drug-likeness (QED) is 0.803. The van der Waals surface area contributed by atoms with Crippen molar-refractivity contribution in [3.8, 4) is 16.9 Å². The fraction of sp³-hybridized carbons (Fsp3) is 0.250. The zero-order valence-electron chi connectivity index (χ0n) is 11.8. The Morgan fingerprint density at radius 1 is 1.00 bits per heavy atom. The Morgan fingerprint density at radius 3 is 2.10 bits per heavy atom. The van der Waals surface area contributed by atoms with E-state index in [0.717, 1.165) is 11.1 Å². The maximum Gasteiger partial charge on any atom is 0.340 e. The fourth-order valence-corrected chi connectivity index (χ4v) is 2.79. The molecule has 2 aliphatic rings. The van der Waals surface area contributed by atoms with E-state index >= 15 is 0 Å². The van der Waals surface area contributed by atoms with Crippen molar-refractivity contribution in [2.24, 2.45) is 0 Å². The Balaban J connectivity index is 3.03. The van der Waals surface area contributed by atoms with Crippen molar-refractivity contribution in [3.63, 3.8) is 0 Å². The summed E-state index contributed by atoms with van der Waals surface area (Å²) in [5, 5.41) is 28.7. The van der Waals surface area contributed by atoms with Crippen LogP contribution in [0.4, 0.5) is 0 Å². The van der Waals surface area contributed by atoms with Crippen LogP contribution in [0.5, 0.6) is 5.75 Å². The number of hydrogen-bond acceptors (Lipinski definition) is 3. The first-order chi connectivity index (χ1) is 9.93. The normalized spacial score (nSPS) is 10.8. The van der Waals surface area contributed by atoms with Gasteiger partial charge in [-0.1, -0.05) is 32.0 Å². The van der Waals surface area contributed by atoms with E-state index in [4.69, 9.17) is 0 Å². The molecule has 0 aromatic rings. The van der Waals surface area contributed by atoms with Gasteiger partial charge in [-0.3, -0.25) is 0 Å². The fourth-order valence-electron chi connectivity index (χ4n) is 2.79. The van der Waals surface area contributed by atoms with Gasteiger partial charge < -0.3 is 15.3 Å². The van der Waals surface area contributed by atoms with E-state index in [-0.39, 0.29) is 16.7 Å². The van der Waals surface area contributed by atoms with E-state index in [2.05, 4.69) is 0 Å². The number of rotatable bonds is 4. The van der Waals surface area contributed by atoms with E-state index in [1.165, 1.54) is 0 Å². The van der Waals surface area contributed by atoms with E-state index in [9.17, 15) is 24.9 Å². The number of fused-ring (bicyclic) bond motifs is 1. The largest absolute Gasteiger partial charge is 0.506 e. The van der Waals surface area contributed by atoms with Gasteiger partial charge in [0.05, 0.1) is 0 Å². The van der Waals surface area contributed by atoms with Gasteiger partial charge in [-0.25, -0.2) is 9.59 Å². The molecule has 0 atom stereocenters. The second-order valence-electron chi connectivity index (χ2n) is 4.73. The van der Waals surface area contributed by atoms with Crippen LogP contribution in [0.2, 0.25) is 0 Å². The first kappa shape index (κ1) is 14.8. The monoisotopic (exact) mass is 288 g/mol. The van der Waals surface area contributed by atoms with Crippen molar-refractivity contribution < 1.29 is 24.9 Å². The van der Waals surface area contributed by atoms with Crippen molar-refractivity contribution in [1.29, 1.82) is 0 Å². The predicted molar refractivity (Wildman–Crippen MR) is 77.4 cm³/mol. The van der Waals surface area contributed by atoms with Crippen LogP contribution in [0.15, 0.2) is 18.2 Å². The first-order valence-electron chi connectivity index (χ1n) is 6.69. The number of carboxylic acid groups (broad SMARTS) is 2. The minimum Gasteiger partial charge on any atom is -0.506 e. The molecule has 21 heavy (non-hydrogen) atoms. The Bertz CT molecular complexity index is 703. The van der Waals surface area contributed by atoms with Crippen molar-refractivity contribution in [3.05, 3.63) is 40.5 Å². The highest BCUT2D eigenvalue weighted by atomic mass is 16.4. The van der Waals surface area contributed by atoms with Gasteiger partial charge in [0.15, 0.2) is 0 Å². The van der Waals surface area contributed by atoms with Gasteiger partial charge in [0, 0.05) is 11.1 Å². The van der Waals surface area contributed by atoms with Gasteiger partial charge in [0.1, 0.15) is 16.9 Å². The molecule has 110 valence electrons. The minimum atomic E-state index is -1.34. The molecule has 0 fully saturated rings. The summed E-state index contributed by atoms with van der Waals surface area (Å²) in [7, 11) is 0. The van der Waals surface area contributed by atoms with Gasteiger partial charge in [-0.05, 0) is 24.0 Å². The molecule has 0 radical (unpaired) electrons. The predicted octanol–water partition coefficient (Wildman–Crippen LogP) is 3.02. The lowest BCUT2D eigenvalue weighted by molar-refractivity contribution is 0.0693. The molecule has 0 aliphatic heterocycles. The van der Waals surface area contributed by atoms with E-state index < -0.39 is 17.7 Å². The first-order valence-corrected chi connectivity index (χ1v) is 6.69. The van der Waals surface area contributed by atoms with Crippen molar-refractivity contribution in [2.75, 3.05) is 0 Å². The van der Waals surface area contributed by atoms with Crippen LogP contribution in [0.1, 0.15) is 45.7 Å². The lowest BCUT2D eigenvalue weighted by atomic mass is 9.96.